The van der Waals surface area contributed by atoms with Crippen LogP contribution in [0.1, 0.15) is 39.5 Å². The summed E-state index contributed by atoms with van der Waals surface area (Å²) in [5.41, 5.74) is 0. The Labute approximate surface area is 134 Å². The molecule has 0 amide bonds. The zero-order chi connectivity index (χ0) is 12.9. The molecule has 0 aromatic carbocycles. The van der Waals surface area contributed by atoms with Crippen molar-refractivity contribution in [3.8, 4) is 0 Å². The van der Waals surface area contributed by atoms with Gasteiger partial charge in [-0.15, -0.1) is 24.0 Å². The van der Waals surface area contributed by atoms with E-state index in [1.807, 2.05) is 18.8 Å². The predicted octanol–water partition coefficient (Wildman–Crippen LogP) is 3.35. The zero-order valence-corrected chi connectivity index (χ0v) is 15.4. The van der Waals surface area contributed by atoms with Crippen LogP contribution in [-0.4, -0.2) is 38.1 Å². The van der Waals surface area contributed by atoms with E-state index in [0.717, 1.165) is 25.0 Å². The Morgan fingerprint density at radius 1 is 1.17 bits per heavy atom. The summed E-state index contributed by atoms with van der Waals surface area (Å²) in [5, 5.41) is 6.76. The van der Waals surface area contributed by atoms with Crippen LogP contribution in [0.2, 0.25) is 0 Å². The molecule has 0 spiro atoms. The fraction of sp³-hybridized carbons (Fsp3) is 0.923. The molecule has 0 saturated carbocycles. The van der Waals surface area contributed by atoms with E-state index >= 15 is 0 Å². The van der Waals surface area contributed by atoms with Crippen molar-refractivity contribution in [2.24, 2.45) is 10.9 Å². The predicted molar refractivity (Wildman–Crippen MR) is 96.5 cm³/mol. The lowest BCUT2D eigenvalue weighted by molar-refractivity contribution is 0.481. The monoisotopic (exact) mass is 387 g/mol. The highest BCUT2D eigenvalue weighted by Crippen LogP contribution is 2.04. The topological polar surface area (TPSA) is 36.4 Å². The van der Waals surface area contributed by atoms with Crippen molar-refractivity contribution in [3.63, 3.8) is 0 Å². The van der Waals surface area contributed by atoms with Crippen molar-refractivity contribution in [2.75, 3.05) is 32.1 Å². The second-order valence-electron chi connectivity index (χ2n) is 4.26. The van der Waals surface area contributed by atoms with Crippen molar-refractivity contribution in [2.45, 2.75) is 39.5 Å². The highest BCUT2D eigenvalue weighted by atomic mass is 127. The first-order valence-corrected chi connectivity index (χ1v) is 8.11. The Kier molecular flexibility index (Phi) is 17.7. The molecule has 0 atom stereocenters. The molecule has 110 valence electrons. The first kappa shape index (κ1) is 20.7. The summed E-state index contributed by atoms with van der Waals surface area (Å²) < 4.78 is 0. The molecule has 5 heteroatoms. The Balaban J connectivity index is 0. The molecule has 18 heavy (non-hydrogen) atoms. The van der Waals surface area contributed by atoms with E-state index in [1.165, 1.54) is 31.4 Å². The van der Waals surface area contributed by atoms with E-state index in [0.29, 0.717) is 0 Å². The van der Waals surface area contributed by atoms with Crippen molar-refractivity contribution in [1.29, 1.82) is 0 Å². The maximum Gasteiger partial charge on any atom is 0.190 e. The quantitative estimate of drug-likeness (QED) is 0.276. The Morgan fingerprint density at radius 2 is 1.83 bits per heavy atom. The number of aliphatic imine (C=N–C) groups is 1. The van der Waals surface area contributed by atoms with Gasteiger partial charge in [0.25, 0.3) is 0 Å². The van der Waals surface area contributed by atoms with Crippen LogP contribution >= 0.6 is 35.7 Å². The van der Waals surface area contributed by atoms with Gasteiger partial charge in [0.05, 0.1) is 0 Å². The summed E-state index contributed by atoms with van der Waals surface area (Å²) in [4.78, 5) is 4.24. The second kappa shape index (κ2) is 15.4. The van der Waals surface area contributed by atoms with E-state index in [-0.39, 0.29) is 24.0 Å². The van der Waals surface area contributed by atoms with E-state index in [2.05, 4.69) is 35.7 Å². The standard InChI is InChI=1S/C13H29N3S.HI/c1-5-12(6-2)11-16-13(14-3)15-9-7-8-10-17-4;/h12H,5-11H2,1-4H3,(H2,14,15,16);1H. The van der Waals surface area contributed by atoms with Crippen molar-refractivity contribution in [1.82, 2.24) is 10.6 Å². The molecule has 0 aliphatic rings. The average molecular weight is 387 g/mol. The van der Waals surface area contributed by atoms with Crippen LogP contribution in [0.4, 0.5) is 0 Å². The minimum atomic E-state index is 0. The Bertz CT molecular complexity index is 197. The molecule has 0 saturated heterocycles. The van der Waals surface area contributed by atoms with Gasteiger partial charge in [0.1, 0.15) is 0 Å². The number of unbranched alkanes of at least 4 members (excludes halogenated alkanes) is 1. The normalized spacial score (nSPS) is 11.3. The molecule has 0 unspecified atom stereocenters. The van der Waals surface area contributed by atoms with E-state index < -0.39 is 0 Å². The van der Waals surface area contributed by atoms with Gasteiger partial charge in [-0.2, -0.15) is 11.8 Å². The van der Waals surface area contributed by atoms with Crippen molar-refractivity contribution >= 4 is 41.7 Å². The molecule has 0 heterocycles. The van der Waals surface area contributed by atoms with Gasteiger partial charge in [-0.1, -0.05) is 26.7 Å². The number of hydrogen-bond donors (Lipinski definition) is 2. The summed E-state index contributed by atoms with van der Waals surface area (Å²) in [6.07, 6.45) is 7.11. The van der Waals surface area contributed by atoms with Crippen LogP contribution in [0.25, 0.3) is 0 Å². The fourth-order valence-electron chi connectivity index (χ4n) is 1.62. The van der Waals surface area contributed by atoms with Gasteiger partial charge in [0.15, 0.2) is 5.96 Å². The number of nitrogens with one attached hydrogen (secondary N) is 2. The Morgan fingerprint density at radius 3 is 2.33 bits per heavy atom. The lowest BCUT2D eigenvalue weighted by atomic mass is 10.0. The summed E-state index contributed by atoms with van der Waals surface area (Å²) in [5.74, 6) is 2.95. The van der Waals surface area contributed by atoms with E-state index in [4.69, 9.17) is 0 Å². The van der Waals surface area contributed by atoms with Gasteiger partial charge in [0.2, 0.25) is 0 Å². The van der Waals surface area contributed by atoms with Gasteiger partial charge in [-0.3, -0.25) is 4.99 Å². The third-order valence-electron chi connectivity index (χ3n) is 3.00. The van der Waals surface area contributed by atoms with Gasteiger partial charge in [0, 0.05) is 20.1 Å². The molecule has 0 fully saturated rings. The number of nitrogens with zero attached hydrogens (tertiary/aromatic N) is 1. The molecule has 0 rings (SSSR count). The summed E-state index contributed by atoms with van der Waals surface area (Å²) in [7, 11) is 1.84. The largest absolute Gasteiger partial charge is 0.356 e. The average Bonchev–Trinajstić information content (AvgIpc) is 2.37. The zero-order valence-electron chi connectivity index (χ0n) is 12.3. The summed E-state index contributed by atoms with van der Waals surface area (Å²) in [6, 6.07) is 0. The van der Waals surface area contributed by atoms with Crippen LogP contribution in [0.15, 0.2) is 4.99 Å². The molecule has 3 nitrogen and oxygen atoms in total. The van der Waals surface area contributed by atoms with Crippen LogP contribution in [0, 0.1) is 5.92 Å². The lowest BCUT2D eigenvalue weighted by Crippen LogP contribution is -2.40. The molecular formula is C13H30IN3S. The van der Waals surface area contributed by atoms with Crippen molar-refractivity contribution in [3.05, 3.63) is 0 Å². The first-order chi connectivity index (χ1) is 8.28. The molecule has 0 aliphatic carbocycles. The maximum atomic E-state index is 4.24. The molecule has 0 aromatic rings. The smallest absolute Gasteiger partial charge is 0.190 e. The van der Waals surface area contributed by atoms with E-state index in [1.54, 1.807) is 0 Å². The number of guanidine groups is 1. The van der Waals surface area contributed by atoms with Crippen LogP contribution in [0.5, 0.6) is 0 Å². The van der Waals surface area contributed by atoms with Gasteiger partial charge >= 0.3 is 0 Å². The molecule has 0 bridgehead atoms. The number of halogens is 1. The maximum absolute atomic E-state index is 4.24. The third kappa shape index (κ3) is 11.4. The SMILES string of the molecule is CCC(CC)CNC(=NC)NCCCCSC.I. The van der Waals surface area contributed by atoms with Gasteiger partial charge in [-0.05, 0) is 30.8 Å². The van der Waals surface area contributed by atoms with Crippen LogP contribution < -0.4 is 10.6 Å². The third-order valence-corrected chi connectivity index (χ3v) is 3.70. The Hall–Kier alpha value is 0.350. The molecule has 2 N–H and O–H groups in total. The van der Waals surface area contributed by atoms with Gasteiger partial charge in [-0.25, -0.2) is 0 Å². The first-order valence-electron chi connectivity index (χ1n) is 6.71. The molecular weight excluding hydrogens is 357 g/mol. The minimum absolute atomic E-state index is 0. The fourth-order valence-corrected chi connectivity index (χ4v) is 2.11. The highest BCUT2D eigenvalue weighted by molar-refractivity contribution is 14.0. The molecule has 0 aromatic heterocycles. The number of rotatable bonds is 9. The molecule has 0 aliphatic heterocycles. The van der Waals surface area contributed by atoms with Gasteiger partial charge < -0.3 is 10.6 Å². The highest BCUT2D eigenvalue weighted by Gasteiger charge is 2.04. The lowest BCUT2D eigenvalue weighted by Gasteiger charge is -2.16. The number of thioether (sulfide) groups is 1. The van der Waals surface area contributed by atoms with E-state index in [9.17, 15) is 0 Å². The minimum Gasteiger partial charge on any atom is -0.356 e. The summed E-state index contributed by atoms with van der Waals surface area (Å²) >= 11 is 1.91. The number of hydrogen-bond acceptors (Lipinski definition) is 2. The molecule has 0 radical (unpaired) electrons. The second-order valence-corrected chi connectivity index (χ2v) is 5.25. The van der Waals surface area contributed by atoms with Crippen molar-refractivity contribution < 1.29 is 0 Å². The van der Waals surface area contributed by atoms with Crippen LogP contribution in [-0.2, 0) is 0 Å². The van der Waals surface area contributed by atoms with Crippen LogP contribution in [0.3, 0.4) is 0 Å². The summed E-state index contributed by atoms with van der Waals surface area (Å²) in [6.45, 7) is 6.53.